The summed E-state index contributed by atoms with van der Waals surface area (Å²) in [5.41, 5.74) is 0. The van der Waals surface area contributed by atoms with Crippen molar-refractivity contribution in [3.8, 4) is 0 Å². The Hall–Kier alpha value is -0.860. The first-order valence-electron chi connectivity index (χ1n) is 7.03. The molecule has 2 rings (SSSR count). The number of carbonyl (C=O) groups is 2. The zero-order chi connectivity index (χ0) is 12.3. The highest BCUT2D eigenvalue weighted by Crippen LogP contribution is 2.35. The quantitative estimate of drug-likeness (QED) is 0.707. The summed E-state index contributed by atoms with van der Waals surface area (Å²) < 4.78 is 0. The first-order valence-corrected chi connectivity index (χ1v) is 7.03. The van der Waals surface area contributed by atoms with Crippen LogP contribution in [-0.2, 0) is 9.59 Å². The lowest BCUT2D eigenvalue weighted by Crippen LogP contribution is -2.50. The third-order valence-corrected chi connectivity index (χ3v) is 4.31. The largest absolute Gasteiger partial charge is 0.339 e. The molecule has 0 aromatic carbocycles. The van der Waals surface area contributed by atoms with Crippen LogP contribution in [0, 0.1) is 5.92 Å². The first kappa shape index (κ1) is 12.6. The molecule has 3 heteroatoms. The van der Waals surface area contributed by atoms with Crippen molar-refractivity contribution in [3.05, 3.63) is 0 Å². The van der Waals surface area contributed by atoms with Gasteiger partial charge in [-0.25, -0.2) is 0 Å². The zero-order valence-electron chi connectivity index (χ0n) is 10.8. The Labute approximate surface area is 104 Å². The minimum Gasteiger partial charge on any atom is -0.339 e. The summed E-state index contributed by atoms with van der Waals surface area (Å²) in [5.74, 6) is 0.861. The Morgan fingerprint density at radius 3 is 2.59 bits per heavy atom. The molecule has 2 fully saturated rings. The molecule has 1 heterocycles. The number of fused-ring (bicyclic) bond motifs is 1. The number of ketones is 1. The Morgan fingerprint density at radius 1 is 1.12 bits per heavy atom. The van der Waals surface area contributed by atoms with Gasteiger partial charge in [-0.2, -0.15) is 0 Å². The van der Waals surface area contributed by atoms with Gasteiger partial charge in [0.2, 0.25) is 5.91 Å². The average Bonchev–Trinajstić information content (AvgIpc) is 2.37. The fourth-order valence-electron chi connectivity index (χ4n) is 3.33. The van der Waals surface area contributed by atoms with E-state index in [0.29, 0.717) is 18.4 Å². The lowest BCUT2D eigenvalue weighted by atomic mass is 9.78. The number of nitrogens with zero attached hydrogens (tertiary/aromatic N) is 1. The molecule has 1 saturated heterocycles. The summed E-state index contributed by atoms with van der Waals surface area (Å²) >= 11 is 0. The van der Waals surface area contributed by atoms with Crippen molar-refractivity contribution in [2.75, 3.05) is 6.54 Å². The van der Waals surface area contributed by atoms with Gasteiger partial charge in [-0.3, -0.25) is 9.59 Å². The Morgan fingerprint density at radius 2 is 1.82 bits per heavy atom. The molecule has 0 N–H and O–H groups in total. The lowest BCUT2D eigenvalue weighted by Gasteiger charge is -2.44. The van der Waals surface area contributed by atoms with Crippen LogP contribution in [0.1, 0.15) is 58.3 Å². The highest BCUT2D eigenvalue weighted by Gasteiger charge is 2.35. The Bertz CT molecular complexity index is 299. The van der Waals surface area contributed by atoms with Gasteiger partial charge in [0.25, 0.3) is 0 Å². The molecule has 1 saturated carbocycles. The second kappa shape index (κ2) is 5.65. The molecular weight excluding hydrogens is 214 g/mol. The topological polar surface area (TPSA) is 37.4 Å². The number of rotatable bonds is 3. The highest BCUT2D eigenvalue weighted by molar-refractivity contribution is 5.98. The molecule has 96 valence electrons. The molecule has 2 atom stereocenters. The molecule has 2 unspecified atom stereocenters. The smallest absolute Gasteiger partial charge is 0.230 e. The van der Waals surface area contributed by atoms with Crippen LogP contribution >= 0.6 is 0 Å². The number of piperidine rings is 1. The summed E-state index contributed by atoms with van der Waals surface area (Å²) in [6.45, 7) is 2.70. The minimum absolute atomic E-state index is 0.0768. The monoisotopic (exact) mass is 237 g/mol. The SMILES string of the molecule is CCC(=O)CC(=O)N1CCCC2CCCCC21. The van der Waals surface area contributed by atoms with E-state index < -0.39 is 0 Å². The van der Waals surface area contributed by atoms with E-state index >= 15 is 0 Å². The maximum absolute atomic E-state index is 12.1. The number of hydrogen-bond acceptors (Lipinski definition) is 2. The van der Waals surface area contributed by atoms with E-state index in [2.05, 4.69) is 0 Å². The van der Waals surface area contributed by atoms with Crippen LogP contribution in [0.25, 0.3) is 0 Å². The highest BCUT2D eigenvalue weighted by atomic mass is 16.2. The van der Waals surface area contributed by atoms with Crippen LogP contribution in [0.4, 0.5) is 0 Å². The van der Waals surface area contributed by atoms with Crippen LogP contribution in [0.3, 0.4) is 0 Å². The van der Waals surface area contributed by atoms with E-state index in [1.54, 1.807) is 0 Å². The molecule has 0 spiro atoms. The van der Waals surface area contributed by atoms with Gasteiger partial charge in [-0.1, -0.05) is 19.8 Å². The number of hydrogen-bond donors (Lipinski definition) is 0. The Kier molecular flexibility index (Phi) is 4.19. The Balaban J connectivity index is 1.98. The van der Waals surface area contributed by atoms with Gasteiger partial charge in [0, 0.05) is 19.0 Å². The first-order chi connectivity index (χ1) is 8.22. The standard InChI is InChI=1S/C14H23NO2/c1-2-12(16)10-14(17)15-9-5-7-11-6-3-4-8-13(11)15/h11,13H,2-10H2,1H3. The van der Waals surface area contributed by atoms with Crippen LogP contribution < -0.4 is 0 Å². The number of Topliss-reactive ketones (excluding diaryl/α,β-unsaturated/α-hetero) is 1. The molecule has 0 aromatic rings. The van der Waals surface area contributed by atoms with Crippen molar-refractivity contribution in [3.63, 3.8) is 0 Å². The summed E-state index contributed by atoms with van der Waals surface area (Å²) in [5, 5.41) is 0. The maximum Gasteiger partial charge on any atom is 0.230 e. The predicted molar refractivity (Wildman–Crippen MR) is 66.6 cm³/mol. The molecule has 17 heavy (non-hydrogen) atoms. The molecule has 1 aliphatic carbocycles. The van der Waals surface area contributed by atoms with E-state index in [4.69, 9.17) is 0 Å². The maximum atomic E-state index is 12.1. The molecular formula is C14H23NO2. The molecule has 1 aliphatic heterocycles. The van der Waals surface area contributed by atoms with Crippen molar-refractivity contribution in [2.24, 2.45) is 5.92 Å². The molecule has 2 aliphatic rings. The zero-order valence-corrected chi connectivity index (χ0v) is 10.8. The van der Waals surface area contributed by atoms with Crippen molar-refractivity contribution < 1.29 is 9.59 Å². The molecule has 1 amide bonds. The normalized spacial score (nSPS) is 28.6. The average molecular weight is 237 g/mol. The van der Waals surface area contributed by atoms with Crippen molar-refractivity contribution in [2.45, 2.75) is 64.3 Å². The summed E-state index contributed by atoms with van der Waals surface area (Å²) in [4.78, 5) is 25.5. The minimum atomic E-state index is 0.0768. The second-order valence-corrected chi connectivity index (χ2v) is 5.41. The summed E-state index contributed by atoms with van der Waals surface area (Å²) in [7, 11) is 0. The van der Waals surface area contributed by atoms with Gasteiger partial charge in [-0.05, 0) is 31.6 Å². The van der Waals surface area contributed by atoms with Gasteiger partial charge >= 0.3 is 0 Å². The van der Waals surface area contributed by atoms with Gasteiger partial charge in [0.15, 0.2) is 0 Å². The third-order valence-electron chi connectivity index (χ3n) is 4.31. The molecule has 0 aromatic heterocycles. The second-order valence-electron chi connectivity index (χ2n) is 5.41. The van der Waals surface area contributed by atoms with E-state index in [0.717, 1.165) is 19.4 Å². The van der Waals surface area contributed by atoms with E-state index in [9.17, 15) is 9.59 Å². The van der Waals surface area contributed by atoms with E-state index in [1.165, 1.54) is 25.7 Å². The fraction of sp³-hybridized carbons (Fsp3) is 0.857. The molecule has 3 nitrogen and oxygen atoms in total. The van der Waals surface area contributed by atoms with Gasteiger partial charge in [0.1, 0.15) is 5.78 Å². The van der Waals surface area contributed by atoms with E-state index in [-0.39, 0.29) is 18.1 Å². The summed E-state index contributed by atoms with van der Waals surface area (Å²) in [6, 6.07) is 0.439. The third kappa shape index (κ3) is 2.88. The van der Waals surface area contributed by atoms with Crippen LogP contribution in [0.2, 0.25) is 0 Å². The number of carbonyl (C=O) groups excluding carboxylic acids is 2. The predicted octanol–water partition coefficient (Wildman–Crippen LogP) is 2.54. The van der Waals surface area contributed by atoms with Crippen molar-refractivity contribution >= 4 is 11.7 Å². The molecule has 0 bridgehead atoms. The van der Waals surface area contributed by atoms with Crippen LogP contribution in [0.15, 0.2) is 0 Å². The van der Waals surface area contributed by atoms with Gasteiger partial charge in [-0.15, -0.1) is 0 Å². The van der Waals surface area contributed by atoms with Crippen LogP contribution in [0.5, 0.6) is 0 Å². The van der Waals surface area contributed by atoms with Gasteiger partial charge in [0.05, 0.1) is 6.42 Å². The van der Waals surface area contributed by atoms with Crippen molar-refractivity contribution in [1.82, 2.24) is 4.90 Å². The van der Waals surface area contributed by atoms with Crippen molar-refractivity contribution in [1.29, 1.82) is 0 Å². The van der Waals surface area contributed by atoms with E-state index in [1.807, 2.05) is 11.8 Å². The lowest BCUT2D eigenvalue weighted by molar-refractivity contribution is -0.140. The van der Waals surface area contributed by atoms with Gasteiger partial charge < -0.3 is 4.90 Å². The van der Waals surface area contributed by atoms with Crippen LogP contribution in [-0.4, -0.2) is 29.2 Å². The molecule has 0 radical (unpaired) electrons. The number of amides is 1. The number of likely N-dealkylation sites (tertiary alicyclic amines) is 1. The fourth-order valence-corrected chi connectivity index (χ4v) is 3.33. The summed E-state index contributed by atoms with van der Waals surface area (Å²) in [6.07, 6.45) is 7.98.